The number of anilines is 1. The Morgan fingerprint density at radius 3 is 2.95 bits per heavy atom. The topological polar surface area (TPSA) is 41.1 Å². The van der Waals surface area contributed by atoms with E-state index in [-0.39, 0.29) is 0 Å². The Bertz CT molecular complexity index is 474. The van der Waals surface area contributed by atoms with Crippen LogP contribution in [0.15, 0.2) is 6.07 Å². The lowest BCUT2D eigenvalue weighted by Gasteiger charge is -2.31. The van der Waals surface area contributed by atoms with Crippen LogP contribution in [0.3, 0.4) is 0 Å². The zero-order valence-corrected chi connectivity index (χ0v) is 13.4. The predicted octanol–water partition coefficient (Wildman–Crippen LogP) is 3.37. The summed E-state index contributed by atoms with van der Waals surface area (Å²) in [4.78, 5) is 12.0. The van der Waals surface area contributed by atoms with Crippen LogP contribution in [0.2, 0.25) is 0 Å². The van der Waals surface area contributed by atoms with E-state index in [1.807, 2.05) is 6.07 Å². The summed E-state index contributed by atoms with van der Waals surface area (Å²) in [7, 11) is 0. The van der Waals surface area contributed by atoms with E-state index in [0.29, 0.717) is 0 Å². The molecule has 21 heavy (non-hydrogen) atoms. The molecule has 0 amide bonds. The number of likely N-dealkylation sites (tertiary alicyclic amines) is 1. The Labute approximate surface area is 128 Å². The average molecular weight is 288 g/mol. The lowest BCUT2D eigenvalue weighted by atomic mass is 9.85. The molecule has 1 N–H and O–H groups in total. The van der Waals surface area contributed by atoms with Crippen molar-refractivity contribution in [2.24, 2.45) is 5.92 Å². The standard InChI is InChI=1S/C17H28N4/c1-3-9-18-16-11-13(2)19-17(20-16)12-21-10-8-14-6-4-5-7-15(14)21/h11,14-15H,3-10,12H2,1-2H3,(H,18,19,20). The SMILES string of the molecule is CCCNc1cc(C)nc(CN2CCC3CCCCC32)n1. The van der Waals surface area contributed by atoms with E-state index in [4.69, 9.17) is 4.98 Å². The predicted molar refractivity (Wildman–Crippen MR) is 86.3 cm³/mol. The Hall–Kier alpha value is -1.16. The lowest BCUT2D eigenvalue weighted by Crippen LogP contribution is -2.34. The van der Waals surface area contributed by atoms with Crippen LogP contribution in [0.5, 0.6) is 0 Å². The van der Waals surface area contributed by atoms with Gasteiger partial charge in [0.15, 0.2) is 0 Å². The van der Waals surface area contributed by atoms with E-state index in [1.54, 1.807) is 0 Å². The lowest BCUT2D eigenvalue weighted by molar-refractivity contribution is 0.172. The number of hydrogen-bond acceptors (Lipinski definition) is 4. The molecule has 1 aromatic rings. The molecule has 0 spiro atoms. The molecular formula is C17H28N4. The quantitative estimate of drug-likeness (QED) is 0.902. The third-order valence-electron chi connectivity index (χ3n) is 4.93. The summed E-state index contributed by atoms with van der Waals surface area (Å²) in [5.41, 5.74) is 1.07. The van der Waals surface area contributed by atoms with E-state index in [1.165, 1.54) is 38.6 Å². The van der Waals surface area contributed by atoms with Gasteiger partial charge in [-0.3, -0.25) is 4.90 Å². The van der Waals surface area contributed by atoms with Gasteiger partial charge < -0.3 is 5.32 Å². The van der Waals surface area contributed by atoms with Gasteiger partial charge in [-0.15, -0.1) is 0 Å². The molecule has 116 valence electrons. The number of fused-ring (bicyclic) bond motifs is 1. The third-order valence-corrected chi connectivity index (χ3v) is 4.93. The van der Waals surface area contributed by atoms with E-state index in [9.17, 15) is 0 Å². The fourth-order valence-electron chi connectivity index (χ4n) is 3.93. The van der Waals surface area contributed by atoms with Crippen molar-refractivity contribution >= 4 is 5.82 Å². The monoisotopic (exact) mass is 288 g/mol. The van der Waals surface area contributed by atoms with Crippen molar-refractivity contribution in [2.75, 3.05) is 18.4 Å². The highest BCUT2D eigenvalue weighted by Crippen LogP contribution is 2.36. The van der Waals surface area contributed by atoms with Crippen LogP contribution >= 0.6 is 0 Å². The first-order chi connectivity index (χ1) is 10.3. The minimum atomic E-state index is 0.787. The van der Waals surface area contributed by atoms with Gasteiger partial charge in [0, 0.05) is 24.3 Å². The Kier molecular flexibility index (Phi) is 4.73. The van der Waals surface area contributed by atoms with Crippen LogP contribution in [0.1, 0.15) is 57.0 Å². The highest BCUT2D eigenvalue weighted by atomic mass is 15.2. The summed E-state index contributed by atoms with van der Waals surface area (Å²) in [6, 6.07) is 2.84. The third kappa shape index (κ3) is 3.54. The maximum atomic E-state index is 4.71. The van der Waals surface area contributed by atoms with Gasteiger partial charge in [0.05, 0.1) is 6.54 Å². The van der Waals surface area contributed by atoms with Crippen LogP contribution < -0.4 is 5.32 Å². The molecule has 2 atom stereocenters. The maximum Gasteiger partial charge on any atom is 0.144 e. The van der Waals surface area contributed by atoms with Crippen molar-refractivity contribution in [3.05, 3.63) is 17.6 Å². The Morgan fingerprint density at radius 1 is 1.24 bits per heavy atom. The minimum absolute atomic E-state index is 0.787. The van der Waals surface area contributed by atoms with Gasteiger partial charge in [-0.25, -0.2) is 9.97 Å². The van der Waals surface area contributed by atoms with Gasteiger partial charge in [-0.05, 0) is 45.1 Å². The van der Waals surface area contributed by atoms with Crippen molar-refractivity contribution < 1.29 is 0 Å². The first-order valence-corrected chi connectivity index (χ1v) is 8.58. The minimum Gasteiger partial charge on any atom is -0.370 e. The van der Waals surface area contributed by atoms with Gasteiger partial charge >= 0.3 is 0 Å². The first kappa shape index (κ1) is 14.8. The first-order valence-electron chi connectivity index (χ1n) is 8.58. The van der Waals surface area contributed by atoms with Gasteiger partial charge in [0.2, 0.25) is 0 Å². The summed E-state index contributed by atoms with van der Waals surface area (Å²) >= 11 is 0. The average Bonchev–Trinajstić information content (AvgIpc) is 2.88. The molecule has 0 radical (unpaired) electrons. The molecule has 0 bridgehead atoms. The van der Waals surface area contributed by atoms with Crippen LogP contribution in [-0.4, -0.2) is 34.0 Å². The number of hydrogen-bond donors (Lipinski definition) is 1. The second-order valence-corrected chi connectivity index (χ2v) is 6.61. The molecule has 2 aliphatic rings. The molecule has 4 heteroatoms. The van der Waals surface area contributed by atoms with E-state index >= 15 is 0 Å². The van der Waals surface area contributed by atoms with Gasteiger partial charge in [0.25, 0.3) is 0 Å². The normalized spacial score (nSPS) is 25.8. The van der Waals surface area contributed by atoms with Gasteiger partial charge in [-0.1, -0.05) is 19.8 Å². The van der Waals surface area contributed by atoms with Crippen molar-refractivity contribution in [3.63, 3.8) is 0 Å². The summed E-state index contributed by atoms with van der Waals surface area (Å²) in [5, 5.41) is 3.39. The molecular weight excluding hydrogens is 260 g/mol. The van der Waals surface area contributed by atoms with Crippen molar-refractivity contribution in [2.45, 2.75) is 65.0 Å². The molecule has 1 aromatic heterocycles. The second-order valence-electron chi connectivity index (χ2n) is 6.61. The van der Waals surface area contributed by atoms with Crippen molar-refractivity contribution in [1.82, 2.24) is 14.9 Å². The van der Waals surface area contributed by atoms with Gasteiger partial charge in [-0.2, -0.15) is 0 Å². The van der Waals surface area contributed by atoms with E-state index in [2.05, 4.69) is 29.0 Å². The number of aryl methyl sites for hydroxylation is 1. The number of aromatic nitrogens is 2. The molecule has 0 aromatic carbocycles. The fraction of sp³-hybridized carbons (Fsp3) is 0.765. The Morgan fingerprint density at radius 2 is 2.10 bits per heavy atom. The second kappa shape index (κ2) is 6.73. The van der Waals surface area contributed by atoms with E-state index < -0.39 is 0 Å². The Balaban J connectivity index is 1.68. The highest BCUT2D eigenvalue weighted by Gasteiger charge is 2.35. The van der Waals surface area contributed by atoms with Crippen LogP contribution in [0, 0.1) is 12.8 Å². The molecule has 1 aliphatic heterocycles. The van der Waals surface area contributed by atoms with Crippen LogP contribution in [0.4, 0.5) is 5.82 Å². The molecule has 3 rings (SSSR count). The molecule has 2 fully saturated rings. The maximum absolute atomic E-state index is 4.71. The summed E-state index contributed by atoms with van der Waals surface area (Å²) in [5.74, 6) is 2.90. The van der Waals surface area contributed by atoms with Gasteiger partial charge in [0.1, 0.15) is 11.6 Å². The smallest absolute Gasteiger partial charge is 0.144 e. The molecule has 2 heterocycles. The largest absolute Gasteiger partial charge is 0.370 e. The number of rotatable bonds is 5. The fourth-order valence-corrected chi connectivity index (χ4v) is 3.93. The highest BCUT2D eigenvalue weighted by molar-refractivity contribution is 5.35. The van der Waals surface area contributed by atoms with Crippen molar-refractivity contribution in [1.29, 1.82) is 0 Å². The van der Waals surface area contributed by atoms with Crippen LogP contribution in [0.25, 0.3) is 0 Å². The molecule has 1 saturated carbocycles. The summed E-state index contributed by atoms with van der Waals surface area (Å²) < 4.78 is 0. The van der Waals surface area contributed by atoms with E-state index in [0.717, 1.165) is 48.8 Å². The summed E-state index contributed by atoms with van der Waals surface area (Å²) in [6.45, 7) is 7.36. The number of nitrogens with one attached hydrogen (secondary N) is 1. The molecule has 1 aliphatic carbocycles. The zero-order valence-electron chi connectivity index (χ0n) is 13.4. The van der Waals surface area contributed by atoms with Crippen molar-refractivity contribution in [3.8, 4) is 0 Å². The zero-order chi connectivity index (χ0) is 14.7. The molecule has 1 saturated heterocycles. The summed E-state index contributed by atoms with van der Waals surface area (Å²) in [6.07, 6.45) is 8.12. The molecule has 4 nitrogen and oxygen atoms in total. The number of nitrogens with zero attached hydrogens (tertiary/aromatic N) is 3. The molecule has 2 unspecified atom stereocenters. The van der Waals surface area contributed by atoms with Crippen LogP contribution in [-0.2, 0) is 6.54 Å².